The number of likely N-dealkylation sites (tertiary alicyclic amines) is 1. The van der Waals surface area contributed by atoms with Crippen LogP contribution in [0, 0.1) is 16.0 Å². The normalized spacial score (nSPS) is 14.5. The van der Waals surface area contributed by atoms with Gasteiger partial charge in [0.15, 0.2) is 5.96 Å². The number of non-ortho nitro benzene ring substituents is 1. The predicted molar refractivity (Wildman–Crippen MR) is 205 cm³/mol. The summed E-state index contributed by atoms with van der Waals surface area (Å²) in [6.07, 6.45) is 3.57. The van der Waals surface area contributed by atoms with Crippen molar-refractivity contribution in [3.8, 4) is 0 Å². The molecule has 1 saturated heterocycles. The van der Waals surface area contributed by atoms with Crippen LogP contribution < -0.4 is 38.1 Å². The van der Waals surface area contributed by atoms with Gasteiger partial charge in [-0.2, -0.15) is 0 Å². The van der Waals surface area contributed by atoms with E-state index >= 15 is 0 Å². The Kier molecular flexibility index (Phi) is 17.5. The lowest BCUT2D eigenvalue weighted by atomic mass is 9.97. The summed E-state index contributed by atoms with van der Waals surface area (Å²) >= 11 is 0. The Labute approximate surface area is 319 Å². The van der Waals surface area contributed by atoms with Crippen molar-refractivity contribution in [2.75, 3.05) is 31.5 Å². The van der Waals surface area contributed by atoms with Crippen molar-refractivity contribution in [3.05, 3.63) is 70.3 Å². The van der Waals surface area contributed by atoms with Crippen LogP contribution in [0.4, 0.5) is 11.4 Å². The van der Waals surface area contributed by atoms with Crippen molar-refractivity contribution >= 4 is 52.8 Å². The molecule has 3 rings (SSSR count). The van der Waals surface area contributed by atoms with Crippen LogP contribution in [0.25, 0.3) is 0 Å². The molecule has 0 radical (unpaired) electrons. The Morgan fingerprint density at radius 1 is 0.855 bits per heavy atom. The van der Waals surface area contributed by atoms with Gasteiger partial charge in [0.2, 0.25) is 29.5 Å². The van der Waals surface area contributed by atoms with E-state index in [-0.39, 0.29) is 55.0 Å². The molecule has 0 aromatic heterocycles. The maximum absolute atomic E-state index is 13.7. The van der Waals surface area contributed by atoms with Crippen LogP contribution in [0.1, 0.15) is 75.6 Å². The molecule has 0 bridgehead atoms. The zero-order chi connectivity index (χ0) is 40.3. The molecule has 1 fully saturated rings. The third-order valence-corrected chi connectivity index (χ3v) is 9.17. The van der Waals surface area contributed by atoms with Crippen LogP contribution in [-0.4, -0.2) is 95.5 Å². The monoisotopic (exact) mass is 764 g/mol. The number of piperidine rings is 1. The maximum Gasteiger partial charge on any atom is 0.269 e. The summed E-state index contributed by atoms with van der Waals surface area (Å²) < 4.78 is 0. The largest absolute Gasteiger partial charge is 0.370 e. The summed E-state index contributed by atoms with van der Waals surface area (Å²) in [6.45, 7) is 4.45. The van der Waals surface area contributed by atoms with Crippen LogP contribution in [-0.2, 0) is 24.0 Å². The summed E-state index contributed by atoms with van der Waals surface area (Å²) in [5.41, 5.74) is 11.2. The fraction of sp³-hybridized carbons (Fsp3) is 0.486. The Hall–Kier alpha value is -6.07. The van der Waals surface area contributed by atoms with Gasteiger partial charge < -0.3 is 43.0 Å². The van der Waals surface area contributed by atoms with E-state index in [9.17, 15) is 38.9 Å². The number of carbonyl (C=O) groups is 6. The molecule has 9 N–H and O–H groups in total. The molecule has 1 heterocycles. The van der Waals surface area contributed by atoms with Gasteiger partial charge in [-0.15, -0.1) is 0 Å². The highest BCUT2D eigenvalue weighted by molar-refractivity contribution is 6.00. The molecule has 4 atom stereocenters. The Morgan fingerprint density at radius 2 is 1.51 bits per heavy atom. The molecule has 55 heavy (non-hydrogen) atoms. The van der Waals surface area contributed by atoms with Crippen LogP contribution in [0.15, 0.2) is 59.6 Å². The number of rotatable bonds is 20. The number of amides is 6. The van der Waals surface area contributed by atoms with Crippen LogP contribution in [0.3, 0.4) is 0 Å². The lowest BCUT2D eigenvalue weighted by Gasteiger charge is -2.28. The number of anilines is 1. The smallest absolute Gasteiger partial charge is 0.269 e. The number of hydrogen-bond acceptors (Lipinski definition) is 9. The second-order valence-electron chi connectivity index (χ2n) is 13.3. The SMILES string of the molecule is CCC(C)[C@H](NC(=O)c1ccccc1)C(=O)N[C@@H](CCC(=O)N1CCCCC1)C(=O)NCC(=O)N[C@@H](CCCN=C(N)N)C(=O)Nc1ccc([N+](=O)[O-])cc1. The zero-order valence-corrected chi connectivity index (χ0v) is 31.3. The molecule has 6 amide bonds. The topological polar surface area (TPSA) is 273 Å². The van der Waals surface area contributed by atoms with Crippen LogP contribution in [0.5, 0.6) is 0 Å². The van der Waals surface area contributed by atoms with Gasteiger partial charge in [-0.3, -0.25) is 43.9 Å². The first-order valence-electron chi connectivity index (χ1n) is 18.4. The van der Waals surface area contributed by atoms with Gasteiger partial charge >= 0.3 is 0 Å². The number of nitro groups is 1. The van der Waals surface area contributed by atoms with E-state index in [1.165, 1.54) is 24.3 Å². The molecule has 1 aliphatic heterocycles. The Balaban J connectivity index is 1.72. The number of nitrogens with one attached hydrogen (secondary N) is 5. The first-order chi connectivity index (χ1) is 26.3. The van der Waals surface area contributed by atoms with Gasteiger partial charge in [-0.1, -0.05) is 38.5 Å². The molecule has 0 aliphatic carbocycles. The minimum Gasteiger partial charge on any atom is -0.370 e. The number of aliphatic imine (C=N–C) groups is 1. The van der Waals surface area contributed by atoms with Crippen LogP contribution >= 0.6 is 0 Å². The standard InChI is InChI=1S/C37H52N10O8/c1-3-24(2)32(45-33(50)25-11-6-4-7-12-25)36(53)44-29(18-19-31(49)46-21-8-5-9-22-46)34(51)41-23-30(48)43-28(13-10-20-40-37(38)39)35(52)42-26-14-16-27(17-15-26)47(54)55/h4,6-7,11-12,14-17,24,28-29,32H,3,5,8-10,13,18-23H2,1-2H3,(H,41,51)(H,42,52)(H,43,48)(H,44,53)(H,45,50)(H4,38,39,40)/t24?,28-,29-,32-/m0/s1. The van der Waals surface area contributed by atoms with Crippen molar-refractivity contribution in [2.45, 2.75) is 83.3 Å². The predicted octanol–water partition coefficient (Wildman–Crippen LogP) is 1.31. The molecule has 0 saturated carbocycles. The third-order valence-electron chi connectivity index (χ3n) is 9.17. The highest BCUT2D eigenvalue weighted by atomic mass is 16.6. The van der Waals surface area contributed by atoms with Crippen molar-refractivity contribution in [1.29, 1.82) is 0 Å². The number of benzene rings is 2. The van der Waals surface area contributed by atoms with E-state index < -0.39 is 59.1 Å². The number of nitrogens with two attached hydrogens (primary N) is 2. The molecule has 1 aliphatic rings. The summed E-state index contributed by atoms with van der Waals surface area (Å²) in [5.74, 6) is -3.84. The van der Waals surface area contributed by atoms with E-state index in [0.29, 0.717) is 31.5 Å². The van der Waals surface area contributed by atoms with E-state index in [2.05, 4.69) is 31.6 Å². The number of guanidine groups is 1. The van der Waals surface area contributed by atoms with Gasteiger partial charge in [-0.25, -0.2) is 0 Å². The number of nitrogens with zero attached hydrogens (tertiary/aromatic N) is 3. The number of carbonyl (C=O) groups excluding carboxylic acids is 6. The minimum absolute atomic E-state index is 0.0460. The highest BCUT2D eigenvalue weighted by Gasteiger charge is 2.31. The average molecular weight is 765 g/mol. The minimum atomic E-state index is -1.24. The maximum atomic E-state index is 13.7. The van der Waals surface area contributed by atoms with Crippen molar-refractivity contribution < 1.29 is 33.7 Å². The van der Waals surface area contributed by atoms with E-state index in [0.717, 1.165) is 19.3 Å². The fourth-order valence-electron chi connectivity index (χ4n) is 5.82. The van der Waals surface area contributed by atoms with Gasteiger partial charge in [0, 0.05) is 49.4 Å². The molecular formula is C37H52N10O8. The van der Waals surface area contributed by atoms with E-state index in [1.54, 1.807) is 42.2 Å². The zero-order valence-electron chi connectivity index (χ0n) is 31.3. The third kappa shape index (κ3) is 14.7. The van der Waals surface area contributed by atoms with Gasteiger partial charge in [-0.05, 0) is 68.7 Å². The van der Waals surface area contributed by atoms with Gasteiger partial charge in [0.1, 0.15) is 18.1 Å². The molecule has 1 unspecified atom stereocenters. The van der Waals surface area contributed by atoms with Gasteiger partial charge in [0.25, 0.3) is 11.6 Å². The van der Waals surface area contributed by atoms with Crippen molar-refractivity contribution in [2.24, 2.45) is 22.4 Å². The summed E-state index contributed by atoms with van der Waals surface area (Å²) in [4.78, 5) is 95.8. The van der Waals surface area contributed by atoms with E-state index in [1.807, 2.05) is 6.92 Å². The Morgan fingerprint density at radius 3 is 2.13 bits per heavy atom. The molecule has 298 valence electrons. The molecule has 18 nitrogen and oxygen atoms in total. The molecule has 18 heteroatoms. The fourth-order valence-corrected chi connectivity index (χ4v) is 5.82. The summed E-state index contributed by atoms with van der Waals surface area (Å²) in [6, 6.07) is 10.1. The first kappa shape index (κ1) is 43.3. The second-order valence-corrected chi connectivity index (χ2v) is 13.3. The lowest BCUT2D eigenvalue weighted by molar-refractivity contribution is -0.384. The molecule has 2 aromatic rings. The molecular weight excluding hydrogens is 712 g/mol. The summed E-state index contributed by atoms with van der Waals surface area (Å²) in [5, 5.41) is 24.2. The van der Waals surface area contributed by atoms with E-state index in [4.69, 9.17) is 11.5 Å². The highest BCUT2D eigenvalue weighted by Crippen LogP contribution is 2.17. The lowest BCUT2D eigenvalue weighted by Crippen LogP contribution is -2.56. The number of nitro benzene ring substituents is 1. The first-order valence-corrected chi connectivity index (χ1v) is 18.4. The summed E-state index contributed by atoms with van der Waals surface area (Å²) in [7, 11) is 0. The van der Waals surface area contributed by atoms with Crippen molar-refractivity contribution in [1.82, 2.24) is 26.2 Å². The number of hydrogen-bond donors (Lipinski definition) is 7. The quantitative estimate of drug-likeness (QED) is 0.0334. The Bertz CT molecular complexity index is 1660. The molecule has 0 spiro atoms. The van der Waals surface area contributed by atoms with Crippen LogP contribution in [0.2, 0.25) is 0 Å². The average Bonchev–Trinajstić information content (AvgIpc) is 3.18. The molecule has 2 aromatic carbocycles. The van der Waals surface area contributed by atoms with Crippen molar-refractivity contribution in [3.63, 3.8) is 0 Å². The van der Waals surface area contributed by atoms with Gasteiger partial charge in [0.05, 0.1) is 11.5 Å². The second kappa shape index (κ2) is 22.2.